The van der Waals surface area contributed by atoms with Gasteiger partial charge in [0.1, 0.15) is 0 Å². The Morgan fingerprint density at radius 1 is 1.16 bits per heavy atom. The molecular weight excluding hydrogens is 316 g/mol. The van der Waals surface area contributed by atoms with Crippen LogP contribution in [0.1, 0.15) is 28.8 Å². The van der Waals surface area contributed by atoms with Gasteiger partial charge >= 0.3 is 0 Å². The minimum Gasteiger partial charge on any atom is -0.348 e. The quantitative estimate of drug-likeness (QED) is 0.670. The molecule has 6 nitrogen and oxygen atoms in total. The largest absolute Gasteiger partial charge is 0.348 e. The summed E-state index contributed by atoms with van der Waals surface area (Å²) in [4.78, 5) is 31.3. The van der Waals surface area contributed by atoms with Gasteiger partial charge in [-0.2, -0.15) is 0 Å². The van der Waals surface area contributed by atoms with E-state index in [2.05, 4.69) is 20.6 Å². The van der Waals surface area contributed by atoms with Gasteiger partial charge in [0.15, 0.2) is 0 Å². The zero-order valence-electron chi connectivity index (χ0n) is 13.6. The molecule has 2 aromatic carbocycles. The molecule has 126 valence electrons. The number of hydrogen-bond donors (Lipinski definition) is 3. The highest BCUT2D eigenvalue weighted by atomic mass is 16.2. The van der Waals surface area contributed by atoms with Gasteiger partial charge < -0.3 is 15.6 Å². The van der Waals surface area contributed by atoms with Crippen molar-refractivity contribution < 1.29 is 9.59 Å². The third-order valence-electron chi connectivity index (χ3n) is 4.28. The lowest BCUT2D eigenvalue weighted by Crippen LogP contribution is -2.22. The number of aromatic amines is 1. The molecule has 0 saturated heterocycles. The molecule has 0 bridgehead atoms. The number of H-pyrrole nitrogens is 1. The minimum atomic E-state index is -0.149. The van der Waals surface area contributed by atoms with Crippen molar-refractivity contribution in [2.45, 2.75) is 19.4 Å². The summed E-state index contributed by atoms with van der Waals surface area (Å²) in [6.45, 7) is 0.396. The minimum absolute atomic E-state index is 0.0778. The number of anilines is 1. The van der Waals surface area contributed by atoms with E-state index in [0.717, 1.165) is 35.1 Å². The summed E-state index contributed by atoms with van der Waals surface area (Å²) in [7, 11) is 0. The predicted molar refractivity (Wildman–Crippen MR) is 95.1 cm³/mol. The second-order valence-corrected chi connectivity index (χ2v) is 6.28. The highest BCUT2D eigenvalue weighted by Crippen LogP contribution is 2.30. The summed E-state index contributed by atoms with van der Waals surface area (Å²) in [6.07, 6.45) is 3.55. The van der Waals surface area contributed by atoms with Crippen LogP contribution in [0.15, 0.2) is 48.8 Å². The van der Waals surface area contributed by atoms with E-state index in [9.17, 15) is 9.59 Å². The number of amides is 2. The average Bonchev–Trinajstić information content (AvgIpc) is 3.37. The summed E-state index contributed by atoms with van der Waals surface area (Å²) < 4.78 is 0. The van der Waals surface area contributed by atoms with Gasteiger partial charge in [0.25, 0.3) is 5.91 Å². The summed E-state index contributed by atoms with van der Waals surface area (Å²) in [6, 6.07) is 12.9. The van der Waals surface area contributed by atoms with E-state index >= 15 is 0 Å². The number of fused-ring (bicyclic) bond motifs is 1. The molecule has 1 fully saturated rings. The topological polar surface area (TPSA) is 86.9 Å². The van der Waals surface area contributed by atoms with Crippen LogP contribution in [-0.4, -0.2) is 21.8 Å². The Labute approximate surface area is 144 Å². The monoisotopic (exact) mass is 334 g/mol. The first-order chi connectivity index (χ1) is 12.2. The summed E-state index contributed by atoms with van der Waals surface area (Å²) >= 11 is 0. The number of nitrogens with zero attached hydrogens (tertiary/aromatic N) is 1. The maximum atomic E-state index is 12.3. The van der Waals surface area contributed by atoms with E-state index in [0.29, 0.717) is 12.1 Å². The lowest BCUT2D eigenvalue weighted by molar-refractivity contribution is -0.117. The molecule has 0 radical (unpaired) electrons. The molecule has 1 heterocycles. The number of benzene rings is 2. The van der Waals surface area contributed by atoms with Gasteiger partial charge in [-0.15, -0.1) is 0 Å². The van der Waals surface area contributed by atoms with Crippen molar-refractivity contribution in [1.29, 1.82) is 0 Å². The normalized spacial score (nSPS) is 13.6. The Hall–Kier alpha value is -3.15. The molecule has 1 saturated carbocycles. The molecule has 25 heavy (non-hydrogen) atoms. The number of carbonyl (C=O) groups excluding carboxylic acids is 2. The standard InChI is InChI=1S/C19H18N4O2/c24-18(14-6-7-16-17(9-14)22-11-21-16)20-10-12-2-1-3-15(8-12)23-19(25)13-4-5-13/h1-3,6-9,11,13H,4-5,10H2,(H,20,24)(H,21,22)(H,23,25). The average molecular weight is 334 g/mol. The zero-order valence-corrected chi connectivity index (χ0v) is 13.6. The summed E-state index contributed by atoms with van der Waals surface area (Å²) in [5.41, 5.74) is 3.94. The number of rotatable bonds is 5. The molecule has 1 aliphatic carbocycles. The Bertz CT molecular complexity index is 943. The molecule has 1 aliphatic rings. The number of imidazole rings is 1. The van der Waals surface area contributed by atoms with E-state index < -0.39 is 0 Å². The van der Waals surface area contributed by atoms with Crippen LogP contribution in [-0.2, 0) is 11.3 Å². The van der Waals surface area contributed by atoms with Crippen molar-refractivity contribution in [2.24, 2.45) is 5.92 Å². The third kappa shape index (κ3) is 3.52. The van der Waals surface area contributed by atoms with E-state index in [1.165, 1.54) is 0 Å². The van der Waals surface area contributed by atoms with Gasteiger partial charge in [0, 0.05) is 23.7 Å². The van der Waals surface area contributed by atoms with Crippen molar-refractivity contribution in [1.82, 2.24) is 15.3 Å². The highest BCUT2D eigenvalue weighted by molar-refractivity contribution is 5.97. The Morgan fingerprint density at radius 3 is 2.88 bits per heavy atom. The van der Waals surface area contributed by atoms with Crippen LogP contribution in [0.2, 0.25) is 0 Å². The van der Waals surface area contributed by atoms with Crippen LogP contribution in [0.3, 0.4) is 0 Å². The lowest BCUT2D eigenvalue weighted by Gasteiger charge is -2.08. The molecule has 0 atom stereocenters. The molecule has 3 aromatic rings. The highest BCUT2D eigenvalue weighted by Gasteiger charge is 2.29. The number of hydrogen-bond acceptors (Lipinski definition) is 3. The van der Waals surface area contributed by atoms with Crippen LogP contribution < -0.4 is 10.6 Å². The van der Waals surface area contributed by atoms with Gasteiger partial charge in [-0.05, 0) is 48.7 Å². The Balaban J connectivity index is 1.40. The summed E-state index contributed by atoms with van der Waals surface area (Å²) in [5, 5.41) is 5.82. The fraction of sp³-hybridized carbons (Fsp3) is 0.211. The molecule has 0 aliphatic heterocycles. The van der Waals surface area contributed by atoms with E-state index in [-0.39, 0.29) is 17.7 Å². The van der Waals surface area contributed by atoms with Crippen LogP contribution in [0, 0.1) is 5.92 Å². The molecule has 6 heteroatoms. The van der Waals surface area contributed by atoms with Crippen molar-refractivity contribution in [3.8, 4) is 0 Å². The molecule has 4 rings (SSSR count). The van der Waals surface area contributed by atoms with E-state index in [4.69, 9.17) is 0 Å². The van der Waals surface area contributed by atoms with Gasteiger partial charge in [-0.1, -0.05) is 12.1 Å². The fourth-order valence-corrected chi connectivity index (χ4v) is 2.71. The summed E-state index contributed by atoms with van der Waals surface area (Å²) in [5.74, 6) is 0.0960. The third-order valence-corrected chi connectivity index (χ3v) is 4.28. The molecule has 0 spiro atoms. The van der Waals surface area contributed by atoms with Crippen LogP contribution in [0.4, 0.5) is 5.69 Å². The molecule has 1 aromatic heterocycles. The molecule has 3 N–H and O–H groups in total. The fourth-order valence-electron chi connectivity index (χ4n) is 2.71. The number of aromatic nitrogens is 2. The van der Waals surface area contributed by atoms with Gasteiger partial charge in [0.2, 0.25) is 5.91 Å². The first kappa shape index (κ1) is 15.4. The maximum Gasteiger partial charge on any atom is 0.251 e. The maximum absolute atomic E-state index is 12.3. The predicted octanol–water partition coefficient (Wildman–Crippen LogP) is 2.84. The zero-order chi connectivity index (χ0) is 17.2. The van der Waals surface area contributed by atoms with E-state index in [1.807, 2.05) is 30.3 Å². The SMILES string of the molecule is O=C(NCc1cccc(NC(=O)C2CC2)c1)c1ccc2nc[nH]c2c1. The van der Waals surface area contributed by atoms with Crippen LogP contribution in [0.5, 0.6) is 0 Å². The molecule has 0 unspecified atom stereocenters. The van der Waals surface area contributed by atoms with Crippen molar-refractivity contribution in [3.05, 3.63) is 59.9 Å². The lowest BCUT2D eigenvalue weighted by atomic mass is 10.1. The first-order valence-electron chi connectivity index (χ1n) is 8.30. The second kappa shape index (κ2) is 6.39. The van der Waals surface area contributed by atoms with Crippen molar-refractivity contribution >= 4 is 28.5 Å². The van der Waals surface area contributed by atoms with E-state index in [1.54, 1.807) is 18.5 Å². The van der Waals surface area contributed by atoms with Crippen molar-refractivity contribution in [3.63, 3.8) is 0 Å². The van der Waals surface area contributed by atoms with Gasteiger partial charge in [-0.25, -0.2) is 4.98 Å². The molecular formula is C19H18N4O2. The van der Waals surface area contributed by atoms with Gasteiger partial charge in [0.05, 0.1) is 17.4 Å². The first-order valence-corrected chi connectivity index (χ1v) is 8.30. The van der Waals surface area contributed by atoms with Crippen molar-refractivity contribution in [2.75, 3.05) is 5.32 Å². The number of carbonyl (C=O) groups is 2. The Morgan fingerprint density at radius 2 is 2.04 bits per heavy atom. The van der Waals surface area contributed by atoms with Crippen LogP contribution in [0.25, 0.3) is 11.0 Å². The smallest absolute Gasteiger partial charge is 0.251 e. The number of nitrogens with one attached hydrogen (secondary N) is 3. The molecule has 2 amide bonds. The van der Waals surface area contributed by atoms with Gasteiger partial charge in [-0.3, -0.25) is 9.59 Å². The Kier molecular flexibility index (Phi) is 3.93. The van der Waals surface area contributed by atoms with Crippen LogP contribution >= 0.6 is 0 Å². The second-order valence-electron chi connectivity index (χ2n) is 6.28.